The molecule has 0 aliphatic heterocycles. The van der Waals surface area contributed by atoms with Crippen molar-refractivity contribution >= 4 is 43.2 Å². The number of hydrogen-bond acceptors (Lipinski definition) is 6. The monoisotopic (exact) mass is 428 g/mol. The number of aromatic nitrogens is 1. The van der Waals surface area contributed by atoms with E-state index in [1.807, 2.05) is 24.3 Å². The first-order valence-electron chi connectivity index (χ1n) is 6.79. The van der Waals surface area contributed by atoms with Gasteiger partial charge in [0.1, 0.15) is 14.4 Å². The Morgan fingerprint density at radius 1 is 1.29 bits per heavy atom. The zero-order valence-corrected chi connectivity index (χ0v) is 16.0. The number of methoxy groups -OCH3 is 1. The van der Waals surface area contributed by atoms with Gasteiger partial charge >= 0.3 is 0 Å². The second-order valence-electron chi connectivity index (χ2n) is 4.87. The average molecular weight is 429 g/mol. The average Bonchev–Trinajstić information content (AvgIpc) is 3.18. The molecule has 0 aliphatic rings. The number of ether oxygens (including phenoxy) is 1. The van der Waals surface area contributed by atoms with Crippen molar-refractivity contribution in [2.24, 2.45) is 0 Å². The molecule has 0 spiro atoms. The van der Waals surface area contributed by atoms with Crippen molar-refractivity contribution in [1.82, 2.24) is 5.16 Å². The van der Waals surface area contributed by atoms with E-state index in [-0.39, 0.29) is 10.1 Å². The molecule has 0 radical (unpaired) electrons. The number of nitrogens with zero attached hydrogens (tertiary/aromatic N) is 1. The summed E-state index contributed by atoms with van der Waals surface area (Å²) in [5, 5.41) is 3.71. The molecule has 0 aliphatic carbocycles. The molecule has 0 saturated heterocycles. The van der Waals surface area contributed by atoms with Gasteiger partial charge in [0, 0.05) is 4.88 Å². The van der Waals surface area contributed by atoms with Gasteiger partial charge in [-0.2, -0.15) is 0 Å². The minimum atomic E-state index is -3.75. The fraction of sp³-hybridized carbons (Fsp3) is 0.133. The molecule has 126 valence electrons. The molecule has 0 unspecified atom stereocenters. The highest BCUT2D eigenvalue weighted by molar-refractivity contribution is 9.10. The van der Waals surface area contributed by atoms with Gasteiger partial charge in [0.15, 0.2) is 0 Å². The molecule has 1 N–H and O–H groups in total. The fourth-order valence-corrected chi connectivity index (χ4v) is 4.66. The van der Waals surface area contributed by atoms with Gasteiger partial charge in [-0.3, -0.25) is 0 Å². The summed E-state index contributed by atoms with van der Waals surface area (Å²) < 4.78 is 38.2. The van der Waals surface area contributed by atoms with E-state index in [0.29, 0.717) is 15.9 Å². The Hall–Kier alpha value is -1.84. The normalized spacial score (nSPS) is 11.5. The molecular weight excluding hydrogens is 416 g/mol. The number of nitrogens with one attached hydrogen (secondary N) is 1. The summed E-state index contributed by atoms with van der Waals surface area (Å²) in [6.07, 6.45) is 0. The second-order valence-corrected chi connectivity index (χ2v) is 8.65. The maximum atomic E-state index is 12.5. The van der Waals surface area contributed by atoms with E-state index in [1.165, 1.54) is 0 Å². The third-order valence-corrected chi connectivity index (χ3v) is 7.11. The van der Waals surface area contributed by atoms with Gasteiger partial charge < -0.3 is 9.26 Å². The molecule has 2 aromatic heterocycles. The van der Waals surface area contributed by atoms with Crippen molar-refractivity contribution in [3.05, 3.63) is 46.6 Å². The Balaban J connectivity index is 1.90. The van der Waals surface area contributed by atoms with Gasteiger partial charge in [-0.25, -0.2) is 13.1 Å². The van der Waals surface area contributed by atoms with Gasteiger partial charge in [0.05, 0.1) is 12.8 Å². The molecule has 3 aromatic rings. The number of aryl methyl sites for hydroxylation is 1. The van der Waals surface area contributed by atoms with Crippen molar-refractivity contribution in [3.8, 4) is 16.2 Å². The molecule has 2 heterocycles. The number of hydrogen-bond donors (Lipinski definition) is 1. The van der Waals surface area contributed by atoms with E-state index >= 15 is 0 Å². The first kappa shape index (κ1) is 17.0. The van der Waals surface area contributed by atoms with Crippen LogP contribution in [0.15, 0.2) is 49.6 Å². The van der Waals surface area contributed by atoms with Crippen molar-refractivity contribution < 1.29 is 17.7 Å². The molecule has 6 nitrogen and oxygen atoms in total. The zero-order valence-electron chi connectivity index (χ0n) is 12.7. The van der Waals surface area contributed by atoms with Gasteiger partial charge in [-0.1, -0.05) is 17.3 Å². The van der Waals surface area contributed by atoms with Crippen LogP contribution in [0.3, 0.4) is 0 Å². The van der Waals surface area contributed by atoms with Crippen LogP contribution in [0, 0.1) is 6.92 Å². The third kappa shape index (κ3) is 3.33. The summed E-state index contributed by atoms with van der Waals surface area (Å²) in [4.78, 5) is 0.821. The van der Waals surface area contributed by atoms with E-state index in [4.69, 9.17) is 9.26 Å². The Labute approximate surface area is 151 Å². The first-order valence-corrected chi connectivity index (χ1v) is 9.89. The van der Waals surface area contributed by atoms with Crippen molar-refractivity contribution in [2.45, 2.75) is 11.1 Å². The fourth-order valence-electron chi connectivity index (χ4n) is 1.99. The number of benzene rings is 1. The van der Waals surface area contributed by atoms with Crippen LogP contribution in [0.2, 0.25) is 0 Å². The molecule has 24 heavy (non-hydrogen) atoms. The Morgan fingerprint density at radius 2 is 2.08 bits per heavy atom. The lowest BCUT2D eigenvalue weighted by Crippen LogP contribution is -2.11. The number of rotatable bonds is 5. The van der Waals surface area contributed by atoms with Crippen LogP contribution in [0.1, 0.15) is 5.69 Å². The lowest BCUT2D eigenvalue weighted by molar-refractivity contribution is 0.415. The SMILES string of the molecule is COc1cccc(-c2ccc(S(=O)(=O)Nc3onc(C)c3Br)s2)c1. The smallest absolute Gasteiger partial charge is 0.273 e. The summed E-state index contributed by atoms with van der Waals surface area (Å²) in [6.45, 7) is 1.71. The van der Waals surface area contributed by atoms with Crippen molar-refractivity contribution in [1.29, 1.82) is 0 Å². The second kappa shape index (κ2) is 6.58. The number of anilines is 1. The molecule has 0 atom stereocenters. The van der Waals surface area contributed by atoms with Crippen molar-refractivity contribution in [3.63, 3.8) is 0 Å². The molecule has 9 heteroatoms. The molecule has 3 rings (SSSR count). The van der Waals surface area contributed by atoms with E-state index in [9.17, 15) is 8.42 Å². The standard InChI is InChI=1S/C15H13BrN2O4S2/c1-9-14(16)15(22-17-9)18-24(19,20)13-7-6-12(23-13)10-4-3-5-11(8-10)21-2/h3-8,18H,1-2H3. The zero-order chi connectivity index (χ0) is 17.3. The van der Waals surface area contributed by atoms with Gasteiger partial charge in [0.25, 0.3) is 15.9 Å². The minimum Gasteiger partial charge on any atom is -0.497 e. The maximum Gasteiger partial charge on any atom is 0.273 e. The van der Waals surface area contributed by atoms with Gasteiger partial charge in [0.2, 0.25) is 0 Å². The number of halogens is 1. The summed E-state index contributed by atoms with van der Waals surface area (Å²) in [7, 11) is -2.16. The Bertz CT molecular complexity index is 979. The molecule has 0 saturated carbocycles. The molecule has 0 fully saturated rings. The highest BCUT2D eigenvalue weighted by Gasteiger charge is 2.22. The lowest BCUT2D eigenvalue weighted by Gasteiger charge is -2.03. The number of sulfonamides is 1. The van der Waals surface area contributed by atoms with Crippen LogP contribution in [-0.2, 0) is 10.0 Å². The molecule has 0 bridgehead atoms. The summed E-state index contributed by atoms with van der Waals surface area (Å²) in [6, 6.07) is 10.8. The van der Waals surface area contributed by atoms with Crippen LogP contribution >= 0.6 is 27.3 Å². The third-order valence-electron chi connectivity index (χ3n) is 3.22. The highest BCUT2D eigenvalue weighted by Crippen LogP contribution is 2.34. The minimum absolute atomic E-state index is 0.0591. The Kier molecular flexibility index (Phi) is 4.66. The topological polar surface area (TPSA) is 81.4 Å². The molecule has 1 aromatic carbocycles. The van der Waals surface area contributed by atoms with E-state index in [2.05, 4.69) is 25.8 Å². The first-order chi connectivity index (χ1) is 11.4. The lowest BCUT2D eigenvalue weighted by atomic mass is 10.2. The Morgan fingerprint density at radius 3 is 2.75 bits per heavy atom. The van der Waals surface area contributed by atoms with Gasteiger partial charge in [-0.15, -0.1) is 11.3 Å². The van der Waals surface area contributed by atoms with Crippen LogP contribution in [0.25, 0.3) is 10.4 Å². The van der Waals surface area contributed by atoms with E-state index in [1.54, 1.807) is 26.2 Å². The molecular formula is C15H13BrN2O4S2. The highest BCUT2D eigenvalue weighted by atomic mass is 79.9. The quantitative estimate of drug-likeness (QED) is 0.655. The number of thiophene rings is 1. The van der Waals surface area contributed by atoms with Crippen molar-refractivity contribution in [2.75, 3.05) is 11.8 Å². The predicted octanol–water partition coefficient (Wildman–Crippen LogP) is 4.28. The van der Waals surface area contributed by atoms with Crippen LogP contribution in [-0.4, -0.2) is 20.7 Å². The van der Waals surface area contributed by atoms with Crippen LogP contribution in [0.4, 0.5) is 5.88 Å². The summed E-state index contributed by atoms with van der Waals surface area (Å²) in [5.74, 6) is 0.772. The van der Waals surface area contributed by atoms with Gasteiger partial charge in [-0.05, 0) is 52.7 Å². The van der Waals surface area contributed by atoms with E-state index in [0.717, 1.165) is 21.8 Å². The van der Waals surface area contributed by atoms with Crippen LogP contribution in [0.5, 0.6) is 5.75 Å². The summed E-state index contributed by atoms with van der Waals surface area (Å²) >= 11 is 4.40. The molecule has 0 amide bonds. The van der Waals surface area contributed by atoms with Crippen LogP contribution < -0.4 is 9.46 Å². The maximum absolute atomic E-state index is 12.5. The van der Waals surface area contributed by atoms with E-state index < -0.39 is 10.0 Å². The summed E-state index contributed by atoms with van der Waals surface area (Å²) in [5.41, 5.74) is 1.45. The largest absolute Gasteiger partial charge is 0.497 e. The predicted molar refractivity (Wildman–Crippen MR) is 96.1 cm³/mol.